The van der Waals surface area contributed by atoms with Crippen LogP contribution < -0.4 is 5.73 Å². The minimum atomic E-state index is -0.0756. The van der Waals surface area contributed by atoms with Gasteiger partial charge in [-0.2, -0.15) is 0 Å². The predicted molar refractivity (Wildman–Crippen MR) is 72.7 cm³/mol. The highest BCUT2D eigenvalue weighted by Gasteiger charge is 2.23. The molecule has 1 fully saturated rings. The average Bonchev–Trinajstić information content (AvgIpc) is 2.46. The van der Waals surface area contributed by atoms with E-state index in [-0.39, 0.29) is 11.9 Å². The number of hydrogen-bond acceptors (Lipinski definition) is 4. The number of hydrogen-bond donors (Lipinski definition) is 1. The lowest BCUT2D eigenvalue weighted by molar-refractivity contribution is 0.0703. The molecule has 1 aliphatic heterocycles. The normalized spacial score (nSPS) is 19.6. The largest absolute Gasteiger partial charge is 0.336 e. The number of piperidine rings is 1. The quantitative estimate of drug-likeness (QED) is 0.832. The summed E-state index contributed by atoms with van der Waals surface area (Å²) in [4.78, 5) is 22.8. The van der Waals surface area contributed by atoms with Crippen molar-refractivity contribution >= 4 is 16.9 Å². The first-order chi connectivity index (χ1) is 9.24. The summed E-state index contributed by atoms with van der Waals surface area (Å²) in [5.74, 6) is -0.0756. The SMILES string of the molecule is NC1CCCN(C(=O)c2cnc3ccccc3n2)C1. The molecule has 98 valence electrons. The van der Waals surface area contributed by atoms with Crippen LogP contribution in [0.5, 0.6) is 0 Å². The molecule has 5 nitrogen and oxygen atoms in total. The first-order valence-corrected chi connectivity index (χ1v) is 6.51. The molecule has 1 amide bonds. The Bertz CT molecular complexity index is 613. The smallest absolute Gasteiger partial charge is 0.274 e. The van der Waals surface area contributed by atoms with Crippen LogP contribution in [0.3, 0.4) is 0 Å². The van der Waals surface area contributed by atoms with E-state index in [1.807, 2.05) is 24.3 Å². The summed E-state index contributed by atoms with van der Waals surface area (Å²) in [7, 11) is 0. The molecule has 0 saturated carbocycles. The number of rotatable bonds is 1. The van der Waals surface area contributed by atoms with Gasteiger partial charge in [0.2, 0.25) is 0 Å². The van der Waals surface area contributed by atoms with Gasteiger partial charge in [0, 0.05) is 19.1 Å². The molecule has 1 aromatic carbocycles. The second kappa shape index (κ2) is 4.93. The number of nitrogens with zero attached hydrogens (tertiary/aromatic N) is 3. The second-order valence-electron chi connectivity index (χ2n) is 4.90. The Morgan fingerprint density at radius 3 is 2.89 bits per heavy atom. The first kappa shape index (κ1) is 12.0. The fraction of sp³-hybridized carbons (Fsp3) is 0.357. The lowest BCUT2D eigenvalue weighted by Gasteiger charge is -2.30. The van der Waals surface area contributed by atoms with Gasteiger partial charge in [-0.15, -0.1) is 0 Å². The molecule has 19 heavy (non-hydrogen) atoms. The molecule has 2 N–H and O–H groups in total. The zero-order valence-electron chi connectivity index (χ0n) is 10.6. The molecule has 1 unspecified atom stereocenters. The average molecular weight is 256 g/mol. The molecular weight excluding hydrogens is 240 g/mol. The predicted octanol–water partition coefficient (Wildman–Crippen LogP) is 1.19. The fourth-order valence-electron chi connectivity index (χ4n) is 2.42. The van der Waals surface area contributed by atoms with Crippen molar-refractivity contribution in [2.45, 2.75) is 18.9 Å². The summed E-state index contributed by atoms with van der Waals surface area (Å²) in [5, 5.41) is 0. The van der Waals surface area contributed by atoms with Gasteiger partial charge in [0.25, 0.3) is 5.91 Å². The summed E-state index contributed by atoms with van der Waals surface area (Å²) in [6.45, 7) is 1.36. The van der Waals surface area contributed by atoms with E-state index in [4.69, 9.17) is 5.73 Å². The molecule has 0 bridgehead atoms. The van der Waals surface area contributed by atoms with Crippen LogP contribution in [0.4, 0.5) is 0 Å². The van der Waals surface area contributed by atoms with Gasteiger partial charge in [-0.05, 0) is 25.0 Å². The highest BCUT2D eigenvalue weighted by atomic mass is 16.2. The Balaban J connectivity index is 1.88. The highest BCUT2D eigenvalue weighted by molar-refractivity contribution is 5.93. The van der Waals surface area contributed by atoms with Gasteiger partial charge in [0.15, 0.2) is 0 Å². The van der Waals surface area contributed by atoms with E-state index >= 15 is 0 Å². The summed E-state index contributed by atoms with van der Waals surface area (Å²) in [6, 6.07) is 7.62. The Morgan fingerprint density at radius 2 is 2.11 bits per heavy atom. The zero-order valence-corrected chi connectivity index (χ0v) is 10.6. The molecule has 2 heterocycles. The van der Waals surface area contributed by atoms with E-state index in [1.54, 1.807) is 11.1 Å². The van der Waals surface area contributed by atoms with E-state index in [0.717, 1.165) is 30.4 Å². The Kier molecular flexibility index (Phi) is 3.13. The molecule has 0 radical (unpaired) electrons. The summed E-state index contributed by atoms with van der Waals surface area (Å²) in [6.07, 6.45) is 3.48. The number of para-hydroxylation sites is 2. The van der Waals surface area contributed by atoms with Gasteiger partial charge in [-0.25, -0.2) is 4.98 Å². The third-order valence-electron chi connectivity index (χ3n) is 3.41. The van der Waals surface area contributed by atoms with Gasteiger partial charge in [-0.1, -0.05) is 12.1 Å². The van der Waals surface area contributed by atoms with Gasteiger partial charge < -0.3 is 10.6 Å². The Labute approximate surface area is 111 Å². The van der Waals surface area contributed by atoms with E-state index in [2.05, 4.69) is 9.97 Å². The maximum Gasteiger partial charge on any atom is 0.274 e. The molecule has 1 atom stereocenters. The van der Waals surface area contributed by atoms with Crippen LogP contribution in [0.25, 0.3) is 11.0 Å². The number of amides is 1. The highest BCUT2D eigenvalue weighted by Crippen LogP contribution is 2.13. The molecule has 5 heteroatoms. The van der Waals surface area contributed by atoms with Crippen LogP contribution in [0, 0.1) is 0 Å². The summed E-state index contributed by atoms with van der Waals surface area (Å²) >= 11 is 0. The van der Waals surface area contributed by atoms with Crippen LogP contribution in [-0.2, 0) is 0 Å². The Hall–Kier alpha value is -2.01. The van der Waals surface area contributed by atoms with E-state index in [1.165, 1.54) is 0 Å². The maximum absolute atomic E-state index is 12.4. The standard InChI is InChI=1S/C14H16N4O/c15-10-4-3-7-18(9-10)14(19)13-8-16-11-5-1-2-6-12(11)17-13/h1-2,5-6,8,10H,3-4,7,9,15H2. The third kappa shape index (κ3) is 2.42. The molecule has 1 aliphatic rings. The lowest BCUT2D eigenvalue weighted by Crippen LogP contribution is -2.45. The van der Waals surface area contributed by atoms with E-state index in [0.29, 0.717) is 12.2 Å². The second-order valence-corrected chi connectivity index (χ2v) is 4.90. The topological polar surface area (TPSA) is 72.1 Å². The summed E-state index contributed by atoms with van der Waals surface area (Å²) < 4.78 is 0. The van der Waals surface area contributed by atoms with Crippen LogP contribution in [-0.4, -0.2) is 39.9 Å². The molecule has 0 aliphatic carbocycles. The summed E-state index contributed by atoms with van der Waals surface area (Å²) in [5.41, 5.74) is 7.84. The number of likely N-dealkylation sites (tertiary alicyclic amines) is 1. The van der Waals surface area contributed by atoms with Crippen LogP contribution in [0.1, 0.15) is 23.3 Å². The van der Waals surface area contributed by atoms with Crippen molar-refractivity contribution in [3.8, 4) is 0 Å². The van der Waals surface area contributed by atoms with Crippen molar-refractivity contribution < 1.29 is 4.79 Å². The van der Waals surface area contributed by atoms with E-state index < -0.39 is 0 Å². The lowest BCUT2D eigenvalue weighted by atomic mass is 10.1. The number of carbonyl (C=O) groups excluding carboxylic acids is 1. The van der Waals surface area contributed by atoms with E-state index in [9.17, 15) is 4.79 Å². The van der Waals surface area contributed by atoms with Gasteiger partial charge in [0.1, 0.15) is 5.69 Å². The van der Waals surface area contributed by atoms with Crippen molar-refractivity contribution in [1.82, 2.24) is 14.9 Å². The fourth-order valence-corrected chi connectivity index (χ4v) is 2.42. The zero-order chi connectivity index (χ0) is 13.2. The number of nitrogens with two attached hydrogens (primary N) is 1. The number of carbonyl (C=O) groups is 1. The molecule has 1 saturated heterocycles. The van der Waals surface area contributed by atoms with Crippen LogP contribution in [0.15, 0.2) is 30.5 Å². The number of aromatic nitrogens is 2. The van der Waals surface area contributed by atoms with Crippen molar-refractivity contribution in [1.29, 1.82) is 0 Å². The van der Waals surface area contributed by atoms with Crippen molar-refractivity contribution in [3.05, 3.63) is 36.2 Å². The van der Waals surface area contributed by atoms with Gasteiger partial charge >= 0.3 is 0 Å². The monoisotopic (exact) mass is 256 g/mol. The molecular formula is C14H16N4O. The van der Waals surface area contributed by atoms with Crippen LogP contribution in [0.2, 0.25) is 0 Å². The first-order valence-electron chi connectivity index (χ1n) is 6.51. The van der Waals surface area contributed by atoms with Crippen molar-refractivity contribution in [3.63, 3.8) is 0 Å². The molecule has 1 aromatic heterocycles. The van der Waals surface area contributed by atoms with Crippen molar-refractivity contribution in [2.24, 2.45) is 5.73 Å². The number of benzene rings is 1. The minimum Gasteiger partial charge on any atom is -0.336 e. The molecule has 2 aromatic rings. The van der Waals surface area contributed by atoms with Gasteiger partial charge in [0.05, 0.1) is 17.2 Å². The maximum atomic E-state index is 12.4. The molecule has 3 rings (SSSR count). The van der Waals surface area contributed by atoms with Crippen molar-refractivity contribution in [2.75, 3.05) is 13.1 Å². The third-order valence-corrected chi connectivity index (χ3v) is 3.41. The Morgan fingerprint density at radius 1 is 1.32 bits per heavy atom. The number of fused-ring (bicyclic) bond motifs is 1. The van der Waals surface area contributed by atoms with Gasteiger partial charge in [-0.3, -0.25) is 9.78 Å². The minimum absolute atomic E-state index is 0.0751. The molecule has 0 spiro atoms. The van der Waals surface area contributed by atoms with Crippen LogP contribution >= 0.6 is 0 Å².